The molecule has 1 aliphatic heterocycles. The van der Waals surface area contributed by atoms with E-state index >= 15 is 0 Å². The van der Waals surface area contributed by atoms with E-state index in [9.17, 15) is 14.0 Å². The maximum atomic E-state index is 13.8. The fraction of sp³-hybridized carbons (Fsp3) is 0.357. The Morgan fingerprint density at radius 3 is 2.58 bits per heavy atom. The van der Waals surface area contributed by atoms with Gasteiger partial charge in [0.25, 0.3) is 0 Å². The number of nitrogens with two attached hydrogens (primary N) is 2. The van der Waals surface area contributed by atoms with Gasteiger partial charge < -0.3 is 31.5 Å². The van der Waals surface area contributed by atoms with Gasteiger partial charge in [0.05, 0.1) is 0 Å². The van der Waals surface area contributed by atoms with Crippen LogP contribution in [0.5, 0.6) is 5.75 Å². The zero-order valence-corrected chi connectivity index (χ0v) is 13.1. The van der Waals surface area contributed by atoms with Crippen molar-refractivity contribution in [2.24, 2.45) is 11.5 Å². The third-order valence-corrected chi connectivity index (χ3v) is 3.07. The molecule has 1 unspecified atom stereocenters. The van der Waals surface area contributed by atoms with Crippen LogP contribution in [0.15, 0.2) is 18.2 Å². The summed E-state index contributed by atoms with van der Waals surface area (Å²) in [6.45, 7) is 2.13. The van der Waals surface area contributed by atoms with Crippen LogP contribution in [0, 0.1) is 11.2 Å². The van der Waals surface area contributed by atoms with Crippen molar-refractivity contribution in [2.75, 3.05) is 11.4 Å². The summed E-state index contributed by atoms with van der Waals surface area (Å²) in [6, 6.07) is 4.04. The topological polar surface area (TPSA) is 155 Å². The minimum atomic E-state index is -1.56. The lowest BCUT2D eigenvalue weighted by molar-refractivity contribution is -0.119. The van der Waals surface area contributed by atoms with E-state index in [1.54, 1.807) is 6.07 Å². The molecule has 10 heteroatoms. The average molecular weight is 341 g/mol. The van der Waals surface area contributed by atoms with Crippen LogP contribution in [0.25, 0.3) is 0 Å². The number of nitrogens with one attached hydrogen (secondary N) is 2. The smallest absolute Gasteiger partial charge is 0.449 e. The number of carbonyl (C=O) groups excluding carboxylic acids is 1. The Hall–Kier alpha value is -3.04. The molecule has 1 saturated heterocycles. The zero-order chi connectivity index (χ0) is 18.3. The average Bonchev–Trinajstić information content (AvgIpc) is 2.87. The molecule has 1 aliphatic rings. The maximum Gasteiger partial charge on any atom is 0.511 e. The Morgan fingerprint density at radius 1 is 1.46 bits per heavy atom. The normalized spacial score (nSPS) is 15.9. The number of benzene rings is 1. The molecule has 0 aromatic heterocycles. The second-order valence-corrected chi connectivity index (χ2v) is 4.99. The van der Waals surface area contributed by atoms with Gasteiger partial charge in [0.15, 0.2) is 17.5 Å². The summed E-state index contributed by atoms with van der Waals surface area (Å²) in [4.78, 5) is 23.4. The molecule has 1 fully saturated rings. The van der Waals surface area contributed by atoms with Crippen molar-refractivity contribution in [3.8, 4) is 5.75 Å². The van der Waals surface area contributed by atoms with Crippen molar-refractivity contribution in [2.45, 2.75) is 25.9 Å². The lowest BCUT2D eigenvalue weighted by Gasteiger charge is -2.27. The highest BCUT2D eigenvalue weighted by Crippen LogP contribution is 2.28. The number of hydrogen-bond acceptors (Lipinski definition) is 5. The van der Waals surface area contributed by atoms with Crippen molar-refractivity contribution >= 4 is 23.7 Å². The molecule has 0 bridgehead atoms. The molecule has 132 valence electrons. The lowest BCUT2D eigenvalue weighted by Crippen LogP contribution is -2.43. The Kier molecular flexibility index (Phi) is 6.78. The highest BCUT2D eigenvalue weighted by molar-refractivity contribution is 5.74. The summed E-state index contributed by atoms with van der Waals surface area (Å²) in [5, 5.41) is 17.3. The number of carbonyl (C=O) groups is 2. The SMILES string of the molecule is CC(=O)NC1CCCN1c1ccc(OC(=O)O)c(F)c1.N=C(N)N. The summed E-state index contributed by atoms with van der Waals surface area (Å²) in [5.74, 6) is -1.57. The Balaban J connectivity index is 0.000000648. The summed E-state index contributed by atoms with van der Waals surface area (Å²) >= 11 is 0. The van der Waals surface area contributed by atoms with Crippen LogP contribution in [-0.2, 0) is 4.79 Å². The largest absolute Gasteiger partial charge is 0.511 e. The molecule has 1 aromatic carbocycles. The van der Waals surface area contributed by atoms with Gasteiger partial charge in [-0.3, -0.25) is 10.2 Å². The summed E-state index contributed by atoms with van der Waals surface area (Å²) in [6.07, 6.45) is -0.0544. The van der Waals surface area contributed by atoms with Gasteiger partial charge in [-0.05, 0) is 25.0 Å². The van der Waals surface area contributed by atoms with E-state index in [-0.39, 0.29) is 23.8 Å². The van der Waals surface area contributed by atoms with Gasteiger partial charge in [0.2, 0.25) is 5.91 Å². The molecule has 0 radical (unpaired) electrons. The van der Waals surface area contributed by atoms with Crippen LogP contribution in [0.3, 0.4) is 0 Å². The first-order valence-corrected chi connectivity index (χ1v) is 7.04. The molecule has 2 rings (SSSR count). The predicted molar refractivity (Wildman–Crippen MR) is 85.3 cm³/mol. The van der Waals surface area contributed by atoms with Gasteiger partial charge in [0.1, 0.15) is 6.17 Å². The highest BCUT2D eigenvalue weighted by atomic mass is 19.1. The summed E-state index contributed by atoms with van der Waals surface area (Å²) in [5.41, 5.74) is 9.52. The minimum Gasteiger partial charge on any atom is -0.449 e. The van der Waals surface area contributed by atoms with Crippen molar-refractivity contribution in [3.05, 3.63) is 24.0 Å². The van der Waals surface area contributed by atoms with Crippen molar-refractivity contribution in [1.29, 1.82) is 5.41 Å². The fourth-order valence-electron chi connectivity index (χ4n) is 2.31. The van der Waals surface area contributed by atoms with Gasteiger partial charge in [-0.25, -0.2) is 9.18 Å². The molecule has 24 heavy (non-hydrogen) atoms. The van der Waals surface area contributed by atoms with E-state index in [0.717, 1.165) is 12.8 Å². The molecule has 0 aliphatic carbocycles. The summed E-state index contributed by atoms with van der Waals surface area (Å²) in [7, 11) is 0. The standard InChI is InChI=1S/C13H15FN2O4.CH5N3/c1-8(17)15-12-3-2-6-16(12)9-4-5-11(10(14)7-9)20-13(18)19;2-1(3)4/h4-5,7,12H,2-3,6H2,1H3,(H,15,17)(H,18,19);(H5,2,3,4). The van der Waals surface area contributed by atoms with E-state index in [1.807, 2.05) is 4.90 Å². The van der Waals surface area contributed by atoms with Gasteiger partial charge in [-0.15, -0.1) is 0 Å². The number of nitrogens with zero attached hydrogens (tertiary/aromatic N) is 1. The number of carboxylic acid groups (broad SMARTS) is 1. The highest BCUT2D eigenvalue weighted by Gasteiger charge is 2.26. The number of halogens is 1. The Bertz CT molecular complexity index is 621. The molecule has 7 N–H and O–H groups in total. The van der Waals surface area contributed by atoms with Crippen LogP contribution >= 0.6 is 0 Å². The van der Waals surface area contributed by atoms with E-state index in [2.05, 4.69) is 21.5 Å². The van der Waals surface area contributed by atoms with Crippen LogP contribution in [0.1, 0.15) is 19.8 Å². The molecular weight excluding hydrogens is 321 g/mol. The third-order valence-electron chi connectivity index (χ3n) is 3.07. The van der Waals surface area contributed by atoms with E-state index < -0.39 is 12.0 Å². The monoisotopic (exact) mass is 341 g/mol. The molecule has 0 saturated carbocycles. The number of hydrogen-bond donors (Lipinski definition) is 5. The van der Waals surface area contributed by atoms with E-state index in [1.165, 1.54) is 19.1 Å². The molecule has 9 nitrogen and oxygen atoms in total. The van der Waals surface area contributed by atoms with Crippen molar-refractivity contribution < 1.29 is 23.8 Å². The van der Waals surface area contributed by atoms with Crippen molar-refractivity contribution in [1.82, 2.24) is 5.32 Å². The minimum absolute atomic E-state index is 0.145. The number of ether oxygens (including phenoxy) is 1. The second kappa shape index (κ2) is 8.56. The molecule has 1 aromatic rings. The third kappa shape index (κ3) is 5.99. The van der Waals surface area contributed by atoms with Gasteiger partial charge in [0, 0.05) is 25.2 Å². The van der Waals surface area contributed by atoms with Gasteiger partial charge >= 0.3 is 6.16 Å². The van der Waals surface area contributed by atoms with Crippen LogP contribution < -0.4 is 26.4 Å². The maximum absolute atomic E-state index is 13.8. The van der Waals surface area contributed by atoms with Crippen LogP contribution in [0.2, 0.25) is 0 Å². The van der Waals surface area contributed by atoms with E-state index in [4.69, 9.17) is 10.5 Å². The molecule has 1 amide bonds. The second-order valence-electron chi connectivity index (χ2n) is 4.99. The van der Waals surface area contributed by atoms with Crippen LogP contribution in [0.4, 0.5) is 14.9 Å². The quantitative estimate of drug-likeness (QED) is 0.235. The number of guanidine groups is 1. The van der Waals surface area contributed by atoms with Crippen molar-refractivity contribution in [3.63, 3.8) is 0 Å². The zero-order valence-electron chi connectivity index (χ0n) is 13.1. The van der Waals surface area contributed by atoms with Gasteiger partial charge in [-0.2, -0.15) is 0 Å². The van der Waals surface area contributed by atoms with Gasteiger partial charge in [-0.1, -0.05) is 0 Å². The number of rotatable bonds is 3. The predicted octanol–water partition coefficient (Wildman–Crippen LogP) is 0.783. The molecular formula is C14H20FN5O4. The molecule has 1 heterocycles. The first-order chi connectivity index (χ1) is 11.2. The Labute approximate surface area is 137 Å². The molecule has 1 atom stereocenters. The van der Waals surface area contributed by atoms with Crippen LogP contribution in [-0.4, -0.2) is 35.8 Å². The number of anilines is 1. The molecule has 0 spiro atoms. The first kappa shape index (κ1) is 19.0. The lowest BCUT2D eigenvalue weighted by atomic mass is 10.2. The van der Waals surface area contributed by atoms with E-state index in [0.29, 0.717) is 12.2 Å². The first-order valence-electron chi connectivity index (χ1n) is 7.04. The Morgan fingerprint density at radius 2 is 2.08 bits per heavy atom. The summed E-state index contributed by atoms with van der Waals surface area (Å²) < 4.78 is 18.1. The fourth-order valence-corrected chi connectivity index (χ4v) is 2.31. The number of amides is 1.